The molecule has 0 saturated carbocycles. The van der Waals surface area contributed by atoms with Crippen LogP contribution in [0.4, 0.5) is 0 Å². The van der Waals surface area contributed by atoms with Crippen LogP contribution in [0.3, 0.4) is 0 Å². The zero-order chi connectivity index (χ0) is 20.0. The van der Waals surface area contributed by atoms with Crippen molar-refractivity contribution < 1.29 is 9.26 Å². The number of rotatable bonds is 5. The number of methoxy groups -OCH3 is 1. The summed E-state index contributed by atoms with van der Waals surface area (Å²) in [7, 11) is 1.62. The lowest BCUT2D eigenvalue weighted by Crippen LogP contribution is -2.24. The molecule has 1 aromatic carbocycles. The Kier molecular flexibility index (Phi) is 4.68. The Morgan fingerprint density at radius 3 is 2.75 bits per heavy atom. The average molecular weight is 402 g/mol. The highest BCUT2D eigenvalue weighted by Crippen LogP contribution is 2.27. The predicted molar refractivity (Wildman–Crippen MR) is 106 cm³/mol. The van der Waals surface area contributed by atoms with Gasteiger partial charge in [-0.05, 0) is 32.0 Å². The average Bonchev–Trinajstić information content (AvgIpc) is 3.29. The van der Waals surface area contributed by atoms with Crippen LogP contribution >= 0.6 is 11.6 Å². The maximum atomic E-state index is 13.3. The minimum absolute atomic E-state index is 0.0355. The van der Waals surface area contributed by atoms with E-state index < -0.39 is 0 Å². The van der Waals surface area contributed by atoms with Crippen molar-refractivity contribution in [3.8, 4) is 11.6 Å². The Balaban J connectivity index is 1.99. The summed E-state index contributed by atoms with van der Waals surface area (Å²) in [6.07, 6.45) is 1.59. The highest BCUT2D eigenvalue weighted by Gasteiger charge is 2.23. The number of imidazole rings is 1. The number of benzene rings is 1. The molecule has 0 spiro atoms. The van der Waals surface area contributed by atoms with Crippen LogP contribution in [0.5, 0.6) is 0 Å². The van der Waals surface area contributed by atoms with Crippen LogP contribution in [0.1, 0.15) is 38.6 Å². The summed E-state index contributed by atoms with van der Waals surface area (Å²) in [5, 5.41) is 4.58. The minimum Gasteiger partial charge on any atom is -0.384 e. The lowest BCUT2D eigenvalue weighted by molar-refractivity contribution is 0.180. The van der Waals surface area contributed by atoms with Crippen molar-refractivity contribution in [1.29, 1.82) is 0 Å². The third-order valence-corrected chi connectivity index (χ3v) is 4.90. The summed E-state index contributed by atoms with van der Waals surface area (Å²) in [5.74, 6) is 0.683. The lowest BCUT2D eigenvalue weighted by Gasteiger charge is -2.15. The molecule has 0 bridgehead atoms. The van der Waals surface area contributed by atoms with Crippen LogP contribution in [0.15, 0.2) is 33.8 Å². The van der Waals surface area contributed by atoms with E-state index in [0.29, 0.717) is 28.7 Å². The summed E-state index contributed by atoms with van der Waals surface area (Å²) in [5.41, 5.74) is 2.11. The first-order chi connectivity index (χ1) is 13.4. The van der Waals surface area contributed by atoms with Crippen LogP contribution in [0.25, 0.3) is 28.1 Å². The molecular weight excluding hydrogens is 382 g/mol. The van der Waals surface area contributed by atoms with Gasteiger partial charge < -0.3 is 13.8 Å². The molecule has 0 amide bonds. The van der Waals surface area contributed by atoms with Gasteiger partial charge in [-0.3, -0.25) is 9.20 Å². The fourth-order valence-electron chi connectivity index (χ4n) is 3.38. The molecule has 4 aromatic rings. The molecule has 3 aromatic heterocycles. The largest absolute Gasteiger partial charge is 0.384 e. The number of aromatic nitrogens is 5. The monoisotopic (exact) mass is 401 g/mol. The summed E-state index contributed by atoms with van der Waals surface area (Å²) in [4.78, 5) is 22.2. The van der Waals surface area contributed by atoms with Crippen LogP contribution in [-0.2, 0) is 4.74 Å². The molecule has 0 aliphatic rings. The Hall–Kier alpha value is -2.71. The number of ether oxygens (including phenoxy) is 1. The van der Waals surface area contributed by atoms with Crippen LogP contribution in [0.2, 0.25) is 5.02 Å². The fraction of sp³-hybridized carbons (Fsp3) is 0.368. The third kappa shape index (κ3) is 2.89. The van der Waals surface area contributed by atoms with Crippen molar-refractivity contribution in [3.05, 3.63) is 45.7 Å². The number of fused-ring (bicyclic) bond motifs is 3. The molecule has 0 saturated heterocycles. The van der Waals surface area contributed by atoms with E-state index in [1.807, 2.05) is 26.8 Å². The molecule has 0 N–H and O–H groups in total. The molecule has 146 valence electrons. The van der Waals surface area contributed by atoms with E-state index >= 15 is 0 Å². The Morgan fingerprint density at radius 1 is 1.25 bits per heavy atom. The highest BCUT2D eigenvalue weighted by atomic mass is 35.5. The number of hydrogen-bond donors (Lipinski definition) is 0. The topological polar surface area (TPSA) is 87.5 Å². The zero-order valence-corrected chi connectivity index (χ0v) is 16.8. The van der Waals surface area contributed by atoms with Crippen LogP contribution < -0.4 is 5.56 Å². The van der Waals surface area contributed by atoms with Crippen LogP contribution in [0, 0.1) is 0 Å². The van der Waals surface area contributed by atoms with E-state index in [1.165, 1.54) is 0 Å². The van der Waals surface area contributed by atoms with Crippen molar-refractivity contribution >= 4 is 28.2 Å². The van der Waals surface area contributed by atoms with E-state index in [2.05, 4.69) is 15.1 Å². The molecule has 3 heterocycles. The maximum absolute atomic E-state index is 13.3. The van der Waals surface area contributed by atoms with Crippen molar-refractivity contribution in [2.24, 2.45) is 0 Å². The molecule has 1 unspecified atom stereocenters. The van der Waals surface area contributed by atoms with Crippen molar-refractivity contribution in [2.75, 3.05) is 13.7 Å². The number of hydrogen-bond acceptors (Lipinski definition) is 6. The van der Waals surface area contributed by atoms with Gasteiger partial charge in [0.2, 0.25) is 0 Å². The first-order valence-electron chi connectivity index (χ1n) is 8.96. The van der Waals surface area contributed by atoms with Gasteiger partial charge in [0.25, 0.3) is 11.4 Å². The quantitative estimate of drug-likeness (QED) is 0.507. The summed E-state index contributed by atoms with van der Waals surface area (Å²) in [6, 6.07) is 5.37. The third-order valence-electron chi connectivity index (χ3n) is 4.66. The minimum atomic E-state index is -0.193. The van der Waals surface area contributed by atoms with Gasteiger partial charge in [-0.2, -0.15) is 4.98 Å². The molecule has 0 aliphatic carbocycles. The Labute approximate surface area is 165 Å². The van der Waals surface area contributed by atoms with Crippen molar-refractivity contribution in [3.63, 3.8) is 0 Å². The molecule has 0 radical (unpaired) electrons. The summed E-state index contributed by atoms with van der Waals surface area (Å²) < 4.78 is 14.0. The molecule has 0 aliphatic heterocycles. The molecule has 9 heteroatoms. The molecule has 1 atom stereocenters. The van der Waals surface area contributed by atoms with Gasteiger partial charge in [-0.25, -0.2) is 4.98 Å². The van der Waals surface area contributed by atoms with Gasteiger partial charge in [0.1, 0.15) is 11.8 Å². The molecule has 8 nitrogen and oxygen atoms in total. The van der Waals surface area contributed by atoms with Gasteiger partial charge in [0, 0.05) is 24.1 Å². The fourth-order valence-corrected chi connectivity index (χ4v) is 3.54. The van der Waals surface area contributed by atoms with E-state index in [9.17, 15) is 4.79 Å². The Morgan fingerprint density at radius 2 is 2.04 bits per heavy atom. The lowest BCUT2D eigenvalue weighted by atomic mass is 10.2. The summed E-state index contributed by atoms with van der Waals surface area (Å²) >= 11 is 6.17. The first-order valence-corrected chi connectivity index (χ1v) is 9.34. The van der Waals surface area contributed by atoms with E-state index in [0.717, 1.165) is 11.0 Å². The number of halogens is 1. The van der Waals surface area contributed by atoms with Crippen molar-refractivity contribution in [2.45, 2.75) is 32.7 Å². The standard InChI is InChI=1S/C19H20ClN5O3/c1-10(2)25-14-7-12(20)5-6-13(14)24-9-21-15(16(24)19(25)26)18-22-17(23-28-18)11(3)8-27-4/h5-7,9-11H,8H2,1-4H3. The first kappa shape index (κ1) is 18.6. The van der Waals surface area contributed by atoms with Gasteiger partial charge in [0.05, 0.1) is 17.6 Å². The van der Waals surface area contributed by atoms with Gasteiger partial charge in [-0.15, -0.1) is 0 Å². The summed E-state index contributed by atoms with van der Waals surface area (Å²) in [6.45, 7) is 6.30. The van der Waals surface area contributed by atoms with E-state index in [1.54, 1.807) is 34.5 Å². The van der Waals surface area contributed by atoms with Gasteiger partial charge in [0.15, 0.2) is 11.5 Å². The SMILES string of the molecule is COCC(C)c1noc(-c2ncn3c2c(=O)n(C(C)C)c2cc(Cl)ccc23)n1. The van der Waals surface area contributed by atoms with Gasteiger partial charge in [-0.1, -0.05) is 23.7 Å². The van der Waals surface area contributed by atoms with E-state index in [-0.39, 0.29) is 23.4 Å². The Bertz CT molecular complexity index is 1220. The molecular formula is C19H20ClN5O3. The predicted octanol–water partition coefficient (Wildman–Crippen LogP) is 3.68. The molecule has 28 heavy (non-hydrogen) atoms. The number of nitrogens with zero attached hydrogens (tertiary/aromatic N) is 5. The second kappa shape index (κ2) is 7.03. The van der Waals surface area contributed by atoms with E-state index in [4.69, 9.17) is 20.9 Å². The molecule has 0 fully saturated rings. The van der Waals surface area contributed by atoms with Gasteiger partial charge >= 0.3 is 0 Å². The highest BCUT2D eigenvalue weighted by molar-refractivity contribution is 6.31. The zero-order valence-electron chi connectivity index (χ0n) is 16.0. The second-order valence-electron chi connectivity index (χ2n) is 7.03. The maximum Gasteiger partial charge on any atom is 0.278 e. The van der Waals surface area contributed by atoms with Crippen LogP contribution in [-0.4, -0.2) is 37.8 Å². The smallest absolute Gasteiger partial charge is 0.278 e. The molecule has 4 rings (SSSR count). The second-order valence-corrected chi connectivity index (χ2v) is 7.46. The van der Waals surface area contributed by atoms with Crippen molar-refractivity contribution in [1.82, 2.24) is 24.1 Å². The normalized spacial score (nSPS) is 13.1.